The molecular formula is C12H14N2O5S. The van der Waals surface area contributed by atoms with E-state index in [9.17, 15) is 19.7 Å². The van der Waals surface area contributed by atoms with E-state index in [2.05, 4.69) is 5.32 Å². The number of benzene rings is 1. The van der Waals surface area contributed by atoms with Crippen LogP contribution in [0.3, 0.4) is 0 Å². The zero-order chi connectivity index (χ0) is 15.3. The molecule has 0 fully saturated rings. The van der Waals surface area contributed by atoms with Crippen molar-refractivity contribution in [3.05, 3.63) is 33.9 Å². The number of thioether (sulfide) groups is 1. The number of nitrogens with one attached hydrogen (secondary N) is 1. The summed E-state index contributed by atoms with van der Waals surface area (Å²) in [6, 6.07) is 4.05. The third kappa shape index (κ3) is 3.70. The van der Waals surface area contributed by atoms with E-state index in [4.69, 9.17) is 4.74 Å². The minimum absolute atomic E-state index is 0.0326. The summed E-state index contributed by atoms with van der Waals surface area (Å²) in [7, 11) is 1.42. The van der Waals surface area contributed by atoms with Gasteiger partial charge in [-0.1, -0.05) is 0 Å². The lowest BCUT2D eigenvalue weighted by Crippen LogP contribution is -2.33. The van der Waals surface area contributed by atoms with Crippen molar-refractivity contribution in [1.82, 2.24) is 5.32 Å². The molecule has 1 aromatic rings. The maximum atomic E-state index is 11.8. The molecule has 1 atom stereocenters. The van der Waals surface area contributed by atoms with Gasteiger partial charge in [-0.05, 0) is 25.3 Å². The number of rotatable bonds is 5. The van der Waals surface area contributed by atoms with Crippen LogP contribution >= 0.6 is 11.8 Å². The van der Waals surface area contributed by atoms with E-state index in [1.54, 1.807) is 6.26 Å². The first-order valence-corrected chi connectivity index (χ1v) is 6.88. The number of carbonyl (C=O) groups is 2. The number of nitro benzene ring substituents is 1. The number of hydrogen-bond acceptors (Lipinski definition) is 6. The molecule has 1 amide bonds. The molecule has 1 N–H and O–H groups in total. The van der Waals surface area contributed by atoms with Crippen LogP contribution in [0.15, 0.2) is 23.1 Å². The van der Waals surface area contributed by atoms with Gasteiger partial charge in [-0.15, -0.1) is 11.8 Å². The van der Waals surface area contributed by atoms with Crippen molar-refractivity contribution in [2.75, 3.05) is 13.3 Å². The van der Waals surface area contributed by atoms with E-state index in [1.165, 1.54) is 37.9 Å². The summed E-state index contributed by atoms with van der Waals surface area (Å²) in [5.41, 5.74) is -0.134. The lowest BCUT2D eigenvalue weighted by Gasteiger charge is -2.11. The molecule has 0 aliphatic carbocycles. The van der Waals surface area contributed by atoms with Gasteiger partial charge in [-0.25, -0.2) is 4.79 Å². The Bertz CT molecular complexity index is 547. The van der Waals surface area contributed by atoms with Crippen LogP contribution in [-0.4, -0.2) is 36.2 Å². The molecule has 0 aromatic heterocycles. The van der Waals surface area contributed by atoms with Crippen molar-refractivity contribution in [3.8, 4) is 0 Å². The lowest BCUT2D eigenvalue weighted by molar-refractivity contribution is -0.387. The van der Waals surface area contributed by atoms with Crippen LogP contribution < -0.4 is 5.32 Å². The first-order valence-electron chi connectivity index (χ1n) is 5.65. The van der Waals surface area contributed by atoms with Gasteiger partial charge in [-0.3, -0.25) is 14.9 Å². The third-order valence-electron chi connectivity index (χ3n) is 2.51. The topological polar surface area (TPSA) is 98.5 Å². The Kier molecular flexibility index (Phi) is 5.51. The summed E-state index contributed by atoms with van der Waals surface area (Å²) in [5, 5.41) is 13.2. The molecule has 1 aromatic carbocycles. The molecular weight excluding hydrogens is 284 g/mol. The molecule has 8 heteroatoms. The van der Waals surface area contributed by atoms with Gasteiger partial charge in [0.1, 0.15) is 0 Å². The van der Waals surface area contributed by atoms with Crippen LogP contribution in [0.25, 0.3) is 0 Å². The highest BCUT2D eigenvalue weighted by atomic mass is 32.2. The van der Waals surface area contributed by atoms with Gasteiger partial charge in [0.05, 0.1) is 15.4 Å². The van der Waals surface area contributed by atoms with E-state index in [1.807, 2.05) is 0 Å². The van der Waals surface area contributed by atoms with E-state index < -0.39 is 22.9 Å². The number of carbonyl (C=O) groups excluding carboxylic acids is 2. The number of ether oxygens (including phenoxy) is 1. The third-order valence-corrected chi connectivity index (χ3v) is 3.30. The Labute approximate surface area is 119 Å². The van der Waals surface area contributed by atoms with Crippen molar-refractivity contribution in [1.29, 1.82) is 0 Å². The molecule has 0 saturated carbocycles. The average molecular weight is 298 g/mol. The van der Waals surface area contributed by atoms with Gasteiger partial charge >= 0.3 is 5.97 Å². The molecule has 0 heterocycles. The normalized spacial score (nSPS) is 11.6. The lowest BCUT2D eigenvalue weighted by atomic mass is 10.2. The first kappa shape index (κ1) is 16.0. The molecule has 1 rings (SSSR count). The number of esters is 1. The molecule has 20 heavy (non-hydrogen) atoms. The van der Waals surface area contributed by atoms with Gasteiger partial charge < -0.3 is 10.1 Å². The summed E-state index contributed by atoms with van der Waals surface area (Å²) < 4.78 is 4.92. The summed E-state index contributed by atoms with van der Waals surface area (Å²) in [5.74, 6) is -1.23. The highest BCUT2D eigenvalue weighted by molar-refractivity contribution is 7.98. The highest BCUT2D eigenvalue weighted by Crippen LogP contribution is 2.28. The SMILES string of the molecule is CNC(=O)[C@@H](C)OC(=O)c1ccc(SC)c([N+](=O)[O-])c1. The van der Waals surface area contributed by atoms with Crippen LogP contribution in [0.5, 0.6) is 0 Å². The van der Waals surface area contributed by atoms with Gasteiger partial charge in [0.25, 0.3) is 11.6 Å². The minimum Gasteiger partial charge on any atom is -0.449 e. The Morgan fingerprint density at radius 2 is 2.10 bits per heavy atom. The summed E-state index contributed by atoms with van der Waals surface area (Å²) >= 11 is 1.21. The van der Waals surface area contributed by atoms with Crippen LogP contribution in [-0.2, 0) is 9.53 Å². The maximum absolute atomic E-state index is 11.8. The fourth-order valence-corrected chi connectivity index (χ4v) is 1.99. The summed E-state index contributed by atoms with van der Waals surface area (Å²) in [6.45, 7) is 1.42. The van der Waals surface area contributed by atoms with E-state index in [-0.39, 0.29) is 11.3 Å². The molecule has 0 unspecified atom stereocenters. The fraction of sp³-hybridized carbons (Fsp3) is 0.333. The second-order valence-electron chi connectivity index (χ2n) is 3.81. The smallest absolute Gasteiger partial charge is 0.339 e. The number of nitro groups is 1. The molecule has 0 radical (unpaired) electrons. The predicted molar refractivity (Wildman–Crippen MR) is 73.8 cm³/mol. The number of amides is 1. The van der Waals surface area contributed by atoms with Crippen LogP contribution in [0, 0.1) is 10.1 Å². The zero-order valence-corrected chi connectivity index (χ0v) is 12.0. The van der Waals surface area contributed by atoms with Gasteiger partial charge in [-0.2, -0.15) is 0 Å². The van der Waals surface area contributed by atoms with Gasteiger partial charge in [0, 0.05) is 13.1 Å². The summed E-state index contributed by atoms with van der Waals surface area (Å²) in [6.07, 6.45) is 0.736. The van der Waals surface area contributed by atoms with Crippen molar-refractivity contribution < 1.29 is 19.2 Å². The largest absolute Gasteiger partial charge is 0.449 e. The second kappa shape index (κ2) is 6.90. The van der Waals surface area contributed by atoms with E-state index >= 15 is 0 Å². The monoisotopic (exact) mass is 298 g/mol. The van der Waals surface area contributed by atoms with Crippen molar-refractivity contribution >= 4 is 29.3 Å². The van der Waals surface area contributed by atoms with Crippen LogP contribution in [0.1, 0.15) is 17.3 Å². The van der Waals surface area contributed by atoms with Crippen molar-refractivity contribution in [2.24, 2.45) is 0 Å². The fourth-order valence-electron chi connectivity index (χ4n) is 1.45. The molecule has 7 nitrogen and oxygen atoms in total. The standard InChI is InChI=1S/C12H14N2O5S/c1-7(11(15)13-2)19-12(16)8-4-5-10(20-3)9(6-8)14(17)18/h4-7H,1-3H3,(H,13,15)/t7-/m1/s1. The second-order valence-corrected chi connectivity index (χ2v) is 4.65. The first-order chi connectivity index (χ1) is 9.40. The predicted octanol–water partition coefficient (Wildman–Crippen LogP) is 1.61. The van der Waals surface area contributed by atoms with Crippen molar-refractivity contribution in [2.45, 2.75) is 17.9 Å². The number of nitrogens with zero attached hydrogens (tertiary/aromatic N) is 1. The van der Waals surface area contributed by atoms with Gasteiger partial charge in [0.2, 0.25) is 0 Å². The van der Waals surface area contributed by atoms with Crippen molar-refractivity contribution in [3.63, 3.8) is 0 Å². The van der Waals surface area contributed by atoms with Gasteiger partial charge in [0.15, 0.2) is 6.10 Å². The van der Waals surface area contributed by atoms with Crippen LogP contribution in [0.4, 0.5) is 5.69 Å². The highest BCUT2D eigenvalue weighted by Gasteiger charge is 2.21. The molecule has 0 bridgehead atoms. The molecule has 0 aliphatic rings. The summed E-state index contributed by atoms with van der Waals surface area (Å²) in [4.78, 5) is 33.9. The number of hydrogen-bond donors (Lipinski definition) is 1. The number of likely N-dealkylation sites (N-methyl/N-ethyl adjacent to an activating group) is 1. The molecule has 0 saturated heterocycles. The average Bonchev–Trinajstić information content (AvgIpc) is 2.45. The zero-order valence-electron chi connectivity index (χ0n) is 11.2. The molecule has 0 spiro atoms. The minimum atomic E-state index is -0.966. The Morgan fingerprint density at radius 1 is 1.45 bits per heavy atom. The van der Waals surface area contributed by atoms with E-state index in [0.29, 0.717) is 4.90 Å². The maximum Gasteiger partial charge on any atom is 0.339 e. The Hall–Kier alpha value is -2.09. The van der Waals surface area contributed by atoms with E-state index in [0.717, 1.165) is 6.07 Å². The Morgan fingerprint density at radius 3 is 2.60 bits per heavy atom. The molecule has 108 valence electrons. The Balaban J connectivity index is 2.97. The van der Waals surface area contributed by atoms with Crippen LogP contribution in [0.2, 0.25) is 0 Å². The molecule has 0 aliphatic heterocycles. The quantitative estimate of drug-likeness (QED) is 0.384.